The average molecular weight is 173 g/mol. The molecule has 1 heteroatoms. The minimum atomic E-state index is 0.211. The van der Waals surface area contributed by atoms with Gasteiger partial charge < -0.3 is 5.73 Å². The van der Waals surface area contributed by atoms with Gasteiger partial charge in [0.15, 0.2) is 0 Å². The van der Waals surface area contributed by atoms with Crippen LogP contribution in [0.5, 0.6) is 0 Å². The zero-order valence-electron chi connectivity index (χ0n) is 7.74. The van der Waals surface area contributed by atoms with Crippen LogP contribution in [0.2, 0.25) is 0 Å². The molecule has 1 aromatic rings. The van der Waals surface area contributed by atoms with Gasteiger partial charge in [-0.25, -0.2) is 0 Å². The molecule has 1 aliphatic rings. The van der Waals surface area contributed by atoms with Gasteiger partial charge in [0.05, 0.1) is 0 Å². The first-order valence-electron chi connectivity index (χ1n) is 4.71. The zero-order valence-corrected chi connectivity index (χ0v) is 7.74. The van der Waals surface area contributed by atoms with Gasteiger partial charge in [0.1, 0.15) is 0 Å². The Balaban J connectivity index is 2.30. The molecule has 0 heterocycles. The SMILES string of the molecule is C=CC1CC1(CN)c1ccccc1. The topological polar surface area (TPSA) is 26.0 Å². The lowest BCUT2D eigenvalue weighted by Crippen LogP contribution is -2.21. The van der Waals surface area contributed by atoms with Crippen LogP contribution in [0.1, 0.15) is 12.0 Å². The number of rotatable bonds is 3. The van der Waals surface area contributed by atoms with Crippen LogP contribution >= 0.6 is 0 Å². The summed E-state index contributed by atoms with van der Waals surface area (Å²) in [6, 6.07) is 10.5. The molecule has 2 unspecified atom stereocenters. The van der Waals surface area contributed by atoms with Crippen LogP contribution in [0.15, 0.2) is 43.0 Å². The van der Waals surface area contributed by atoms with Gasteiger partial charge in [-0.05, 0) is 17.9 Å². The fraction of sp³-hybridized carbons (Fsp3) is 0.333. The fourth-order valence-corrected chi connectivity index (χ4v) is 2.10. The van der Waals surface area contributed by atoms with Crippen LogP contribution in [0.4, 0.5) is 0 Å². The van der Waals surface area contributed by atoms with Crippen LogP contribution < -0.4 is 5.73 Å². The van der Waals surface area contributed by atoms with Crippen molar-refractivity contribution in [2.45, 2.75) is 11.8 Å². The summed E-state index contributed by atoms with van der Waals surface area (Å²) in [5.41, 5.74) is 7.39. The molecule has 2 rings (SSSR count). The molecule has 0 spiro atoms. The van der Waals surface area contributed by atoms with Crippen molar-refractivity contribution in [3.05, 3.63) is 48.6 Å². The molecular weight excluding hydrogens is 158 g/mol. The van der Waals surface area contributed by atoms with E-state index >= 15 is 0 Å². The number of nitrogens with two attached hydrogens (primary N) is 1. The Morgan fingerprint density at radius 2 is 2.15 bits per heavy atom. The van der Waals surface area contributed by atoms with E-state index in [0.29, 0.717) is 5.92 Å². The molecule has 1 fully saturated rings. The van der Waals surface area contributed by atoms with Gasteiger partial charge in [-0.2, -0.15) is 0 Å². The van der Waals surface area contributed by atoms with Crippen molar-refractivity contribution in [1.82, 2.24) is 0 Å². The molecule has 0 bridgehead atoms. The van der Waals surface area contributed by atoms with E-state index in [2.05, 4.69) is 30.8 Å². The molecule has 1 aromatic carbocycles. The van der Waals surface area contributed by atoms with Crippen molar-refractivity contribution in [1.29, 1.82) is 0 Å². The summed E-state index contributed by atoms with van der Waals surface area (Å²) in [5, 5.41) is 0. The Bertz CT molecular complexity index is 304. The quantitative estimate of drug-likeness (QED) is 0.696. The van der Waals surface area contributed by atoms with Crippen LogP contribution in [0, 0.1) is 5.92 Å². The van der Waals surface area contributed by atoms with Crippen molar-refractivity contribution in [2.24, 2.45) is 11.7 Å². The van der Waals surface area contributed by atoms with Gasteiger partial charge in [0.25, 0.3) is 0 Å². The van der Waals surface area contributed by atoms with E-state index < -0.39 is 0 Å². The predicted molar refractivity (Wildman–Crippen MR) is 55.5 cm³/mol. The van der Waals surface area contributed by atoms with Crippen LogP contribution in [-0.2, 0) is 5.41 Å². The van der Waals surface area contributed by atoms with Gasteiger partial charge in [-0.1, -0.05) is 36.4 Å². The number of benzene rings is 1. The summed E-state index contributed by atoms with van der Waals surface area (Å²) >= 11 is 0. The van der Waals surface area contributed by atoms with E-state index in [1.165, 1.54) is 5.56 Å². The Kier molecular flexibility index (Phi) is 1.97. The normalized spacial score (nSPS) is 31.3. The van der Waals surface area contributed by atoms with E-state index in [0.717, 1.165) is 13.0 Å². The standard InChI is InChI=1S/C12H15N/c1-2-10-8-12(10,9-13)11-6-4-3-5-7-11/h2-7,10H,1,8-9,13H2. The second-order valence-electron chi connectivity index (χ2n) is 3.77. The molecule has 0 radical (unpaired) electrons. The number of hydrogen-bond donors (Lipinski definition) is 1. The maximum absolute atomic E-state index is 5.82. The third-order valence-corrected chi connectivity index (χ3v) is 3.13. The lowest BCUT2D eigenvalue weighted by atomic mass is 9.93. The summed E-state index contributed by atoms with van der Waals surface area (Å²) in [5.74, 6) is 0.583. The van der Waals surface area contributed by atoms with Crippen molar-refractivity contribution < 1.29 is 0 Å². The highest BCUT2D eigenvalue weighted by Gasteiger charge is 2.52. The zero-order chi connectivity index (χ0) is 9.31. The lowest BCUT2D eigenvalue weighted by Gasteiger charge is -2.13. The van der Waals surface area contributed by atoms with Crippen LogP contribution in [0.25, 0.3) is 0 Å². The second-order valence-corrected chi connectivity index (χ2v) is 3.77. The fourth-order valence-electron chi connectivity index (χ4n) is 2.10. The van der Waals surface area contributed by atoms with Crippen molar-refractivity contribution in [3.8, 4) is 0 Å². The highest BCUT2D eigenvalue weighted by atomic mass is 14.7. The average Bonchev–Trinajstić information content (AvgIpc) is 2.94. The molecule has 13 heavy (non-hydrogen) atoms. The smallest absolute Gasteiger partial charge is 0.0144 e. The van der Waals surface area contributed by atoms with Crippen molar-refractivity contribution in [3.63, 3.8) is 0 Å². The molecule has 1 aliphatic carbocycles. The third-order valence-electron chi connectivity index (χ3n) is 3.13. The first-order chi connectivity index (χ1) is 6.33. The number of allylic oxidation sites excluding steroid dienone is 1. The molecule has 0 amide bonds. The Labute approximate surface area is 79.3 Å². The van der Waals surface area contributed by atoms with Gasteiger partial charge in [-0.15, -0.1) is 6.58 Å². The summed E-state index contributed by atoms with van der Waals surface area (Å²) in [6.07, 6.45) is 3.19. The summed E-state index contributed by atoms with van der Waals surface area (Å²) in [6.45, 7) is 4.57. The van der Waals surface area contributed by atoms with Crippen LogP contribution in [-0.4, -0.2) is 6.54 Å². The Hall–Kier alpha value is -1.08. The Morgan fingerprint density at radius 3 is 2.62 bits per heavy atom. The molecule has 2 atom stereocenters. The molecule has 0 aliphatic heterocycles. The highest BCUT2D eigenvalue weighted by Crippen LogP contribution is 2.53. The molecule has 0 saturated heterocycles. The minimum Gasteiger partial charge on any atom is -0.330 e. The second kappa shape index (κ2) is 3.00. The molecule has 2 N–H and O–H groups in total. The molecule has 1 nitrogen and oxygen atoms in total. The third kappa shape index (κ3) is 1.20. The lowest BCUT2D eigenvalue weighted by molar-refractivity contribution is 0.666. The van der Waals surface area contributed by atoms with E-state index in [1.54, 1.807) is 0 Å². The molecule has 0 aromatic heterocycles. The van der Waals surface area contributed by atoms with Gasteiger partial charge in [0, 0.05) is 12.0 Å². The molecule has 68 valence electrons. The van der Waals surface area contributed by atoms with Crippen molar-refractivity contribution >= 4 is 0 Å². The largest absolute Gasteiger partial charge is 0.330 e. The minimum absolute atomic E-state index is 0.211. The summed E-state index contributed by atoms with van der Waals surface area (Å²) in [7, 11) is 0. The van der Waals surface area contributed by atoms with Crippen molar-refractivity contribution in [2.75, 3.05) is 6.54 Å². The predicted octanol–water partition coefficient (Wildman–Crippen LogP) is 2.09. The summed E-state index contributed by atoms with van der Waals surface area (Å²) in [4.78, 5) is 0. The number of hydrogen-bond acceptors (Lipinski definition) is 1. The van der Waals surface area contributed by atoms with E-state index in [9.17, 15) is 0 Å². The maximum Gasteiger partial charge on any atom is 0.0144 e. The summed E-state index contributed by atoms with van der Waals surface area (Å²) < 4.78 is 0. The van der Waals surface area contributed by atoms with Gasteiger partial charge in [-0.3, -0.25) is 0 Å². The van der Waals surface area contributed by atoms with E-state index in [4.69, 9.17) is 5.73 Å². The first kappa shape index (κ1) is 8.52. The van der Waals surface area contributed by atoms with E-state index in [1.807, 2.05) is 12.1 Å². The first-order valence-corrected chi connectivity index (χ1v) is 4.71. The Morgan fingerprint density at radius 1 is 1.46 bits per heavy atom. The highest BCUT2D eigenvalue weighted by molar-refractivity contribution is 5.36. The molecule has 1 saturated carbocycles. The van der Waals surface area contributed by atoms with Gasteiger partial charge in [0.2, 0.25) is 0 Å². The van der Waals surface area contributed by atoms with Crippen LogP contribution in [0.3, 0.4) is 0 Å². The monoisotopic (exact) mass is 173 g/mol. The maximum atomic E-state index is 5.82. The van der Waals surface area contributed by atoms with E-state index in [-0.39, 0.29) is 5.41 Å². The molecular formula is C12H15N. The van der Waals surface area contributed by atoms with Gasteiger partial charge >= 0.3 is 0 Å².